The highest BCUT2D eigenvalue weighted by molar-refractivity contribution is 5.79. The fourth-order valence-electron chi connectivity index (χ4n) is 3.05. The van der Waals surface area contributed by atoms with E-state index < -0.39 is 29.1 Å². The topological polar surface area (TPSA) is 62.1 Å². The molecule has 2 fully saturated rings. The average Bonchev–Trinajstić information content (AvgIpc) is 2.99. The number of carbonyl (C=O) groups excluding carboxylic acids is 1. The summed E-state index contributed by atoms with van der Waals surface area (Å²) in [6, 6.07) is 2.71. The summed E-state index contributed by atoms with van der Waals surface area (Å²) in [6.45, 7) is 0.378. The van der Waals surface area contributed by atoms with Crippen molar-refractivity contribution in [1.29, 1.82) is 5.26 Å². The lowest BCUT2D eigenvalue weighted by atomic mass is 9.93. The Morgan fingerprint density at radius 2 is 2.32 bits per heavy atom. The Morgan fingerprint density at radius 3 is 3.00 bits per heavy atom. The summed E-state index contributed by atoms with van der Waals surface area (Å²) in [5, 5.41) is 11.2. The van der Waals surface area contributed by atoms with Gasteiger partial charge in [0.05, 0.1) is 0 Å². The first-order valence-electron chi connectivity index (χ1n) is 5.87. The van der Waals surface area contributed by atoms with E-state index in [4.69, 9.17) is 5.26 Å². The van der Waals surface area contributed by atoms with Crippen molar-refractivity contribution in [3.63, 3.8) is 0 Å². The van der Waals surface area contributed by atoms with Gasteiger partial charge in [-0.1, -0.05) is 0 Å². The first-order chi connectivity index (χ1) is 9.08. The average molecular weight is 264 g/mol. The van der Waals surface area contributed by atoms with Crippen molar-refractivity contribution >= 4 is 5.97 Å². The number of hydrogen-bond acceptors (Lipinski definition) is 4. The van der Waals surface area contributed by atoms with Crippen molar-refractivity contribution in [3.8, 4) is 6.26 Å². The van der Waals surface area contributed by atoms with Gasteiger partial charge in [-0.3, -0.25) is 0 Å². The van der Waals surface area contributed by atoms with Gasteiger partial charge in [0.15, 0.2) is 0 Å². The van der Waals surface area contributed by atoms with Gasteiger partial charge < -0.3 is 10.1 Å². The SMILES string of the molecule is N#COC(=O)C1NC[C@@]2(c3cc(F)ccc3F)C[C@@H]12. The van der Waals surface area contributed by atoms with Crippen LogP contribution in [0.1, 0.15) is 12.0 Å². The maximum Gasteiger partial charge on any atom is 0.338 e. The molecule has 1 aromatic rings. The monoisotopic (exact) mass is 264 g/mol. The van der Waals surface area contributed by atoms with Crippen LogP contribution < -0.4 is 5.32 Å². The Bertz CT molecular complexity index is 599. The van der Waals surface area contributed by atoms with Crippen LogP contribution in [-0.2, 0) is 14.9 Å². The third kappa shape index (κ3) is 1.70. The van der Waals surface area contributed by atoms with Gasteiger partial charge in [-0.05, 0) is 36.1 Å². The van der Waals surface area contributed by atoms with Crippen LogP contribution in [0, 0.1) is 29.1 Å². The molecule has 4 nitrogen and oxygen atoms in total. The molecule has 1 heterocycles. The maximum absolute atomic E-state index is 13.8. The van der Waals surface area contributed by atoms with Gasteiger partial charge in [-0.25, -0.2) is 13.6 Å². The molecule has 0 aromatic heterocycles. The Balaban J connectivity index is 1.88. The number of nitriles is 1. The molecule has 6 heteroatoms. The predicted molar refractivity (Wildman–Crippen MR) is 59.6 cm³/mol. The van der Waals surface area contributed by atoms with Crippen molar-refractivity contribution in [1.82, 2.24) is 5.32 Å². The van der Waals surface area contributed by atoms with Gasteiger partial charge in [-0.15, -0.1) is 5.26 Å². The van der Waals surface area contributed by atoms with Crippen LogP contribution in [0.2, 0.25) is 0 Å². The highest BCUT2D eigenvalue weighted by Crippen LogP contribution is 2.59. The molecule has 3 atom stereocenters. The minimum Gasteiger partial charge on any atom is -0.350 e. The van der Waals surface area contributed by atoms with Crippen LogP contribution in [-0.4, -0.2) is 18.6 Å². The number of carbonyl (C=O) groups is 1. The van der Waals surface area contributed by atoms with E-state index in [2.05, 4.69) is 10.1 Å². The molecule has 1 saturated heterocycles. The molecular weight excluding hydrogens is 254 g/mol. The third-order valence-corrected chi connectivity index (χ3v) is 4.04. The van der Waals surface area contributed by atoms with E-state index in [-0.39, 0.29) is 11.5 Å². The summed E-state index contributed by atoms with van der Waals surface area (Å²) in [4.78, 5) is 11.5. The minimum atomic E-state index is -0.663. The number of nitrogens with zero attached hydrogens (tertiary/aromatic N) is 1. The highest BCUT2D eigenvalue weighted by Gasteiger charge is 2.65. The van der Waals surface area contributed by atoms with Crippen LogP contribution >= 0.6 is 0 Å². The fourth-order valence-corrected chi connectivity index (χ4v) is 3.05. The first-order valence-corrected chi connectivity index (χ1v) is 5.87. The molecule has 19 heavy (non-hydrogen) atoms. The number of rotatable bonds is 2. The van der Waals surface area contributed by atoms with Crippen LogP contribution in [0.5, 0.6) is 0 Å². The number of halogens is 2. The number of piperidine rings is 1. The van der Waals surface area contributed by atoms with E-state index in [0.717, 1.165) is 12.1 Å². The lowest BCUT2D eigenvalue weighted by molar-refractivity contribution is -0.139. The summed E-state index contributed by atoms with van der Waals surface area (Å²) in [5.41, 5.74) is -0.261. The summed E-state index contributed by atoms with van der Waals surface area (Å²) < 4.78 is 31.3. The third-order valence-electron chi connectivity index (χ3n) is 4.04. The van der Waals surface area contributed by atoms with Gasteiger partial charge in [0.25, 0.3) is 6.26 Å². The second-order valence-corrected chi connectivity index (χ2v) is 4.96. The molecule has 1 aromatic carbocycles. The van der Waals surface area contributed by atoms with Gasteiger partial charge in [-0.2, -0.15) is 0 Å². The zero-order valence-electron chi connectivity index (χ0n) is 9.82. The quantitative estimate of drug-likeness (QED) is 0.644. The van der Waals surface area contributed by atoms with E-state index in [1.165, 1.54) is 12.3 Å². The predicted octanol–water partition coefficient (Wildman–Crippen LogP) is 1.22. The first kappa shape index (κ1) is 12.1. The molecule has 1 saturated carbocycles. The van der Waals surface area contributed by atoms with Crippen LogP contribution in [0.3, 0.4) is 0 Å². The van der Waals surface area contributed by atoms with E-state index in [0.29, 0.717) is 13.0 Å². The standard InChI is InChI=1S/C13H10F2N2O2/c14-7-1-2-10(15)8(3-7)13-4-9(13)11(17-5-13)12(18)19-6-16/h1-3,9,11,17H,4-5H2/t9-,11?,13+/m0/s1. The molecule has 0 spiro atoms. The van der Waals surface area contributed by atoms with Crippen molar-refractivity contribution in [2.45, 2.75) is 17.9 Å². The molecule has 0 radical (unpaired) electrons. The van der Waals surface area contributed by atoms with Crippen LogP contribution in [0.25, 0.3) is 0 Å². The Hall–Kier alpha value is -2.00. The molecule has 0 bridgehead atoms. The number of esters is 1. The van der Waals surface area contributed by atoms with Crippen molar-refractivity contribution < 1.29 is 18.3 Å². The van der Waals surface area contributed by atoms with Gasteiger partial charge >= 0.3 is 5.97 Å². The maximum atomic E-state index is 13.8. The zero-order valence-corrected chi connectivity index (χ0v) is 9.82. The van der Waals surface area contributed by atoms with Crippen molar-refractivity contribution in [3.05, 3.63) is 35.4 Å². The lowest BCUT2D eigenvalue weighted by Crippen LogP contribution is -2.35. The highest BCUT2D eigenvalue weighted by atomic mass is 19.1. The second-order valence-electron chi connectivity index (χ2n) is 4.96. The molecular formula is C13H10F2N2O2. The number of fused-ring (bicyclic) bond motifs is 1. The largest absolute Gasteiger partial charge is 0.350 e. The zero-order chi connectivity index (χ0) is 13.6. The van der Waals surface area contributed by atoms with Gasteiger partial charge in [0.1, 0.15) is 17.7 Å². The fraction of sp³-hybridized carbons (Fsp3) is 0.385. The van der Waals surface area contributed by atoms with E-state index in [1.807, 2.05) is 0 Å². The van der Waals surface area contributed by atoms with Crippen molar-refractivity contribution in [2.24, 2.45) is 5.92 Å². The molecule has 3 rings (SSSR count). The van der Waals surface area contributed by atoms with E-state index in [9.17, 15) is 13.6 Å². The summed E-state index contributed by atoms with van der Waals surface area (Å²) in [7, 11) is 0. The minimum absolute atomic E-state index is 0.148. The summed E-state index contributed by atoms with van der Waals surface area (Å²) >= 11 is 0. The summed E-state index contributed by atoms with van der Waals surface area (Å²) in [6.07, 6.45) is 1.92. The molecule has 1 unspecified atom stereocenters. The number of nitrogens with one attached hydrogen (secondary N) is 1. The Labute approximate surface area is 108 Å². The molecule has 0 amide bonds. The molecule has 2 aliphatic rings. The van der Waals surface area contributed by atoms with E-state index >= 15 is 0 Å². The van der Waals surface area contributed by atoms with Crippen LogP contribution in [0.4, 0.5) is 8.78 Å². The van der Waals surface area contributed by atoms with E-state index in [1.54, 1.807) is 0 Å². The molecule has 1 N–H and O–H groups in total. The number of hydrogen-bond donors (Lipinski definition) is 1. The molecule has 98 valence electrons. The number of benzene rings is 1. The van der Waals surface area contributed by atoms with Crippen molar-refractivity contribution in [2.75, 3.05) is 6.54 Å². The smallest absolute Gasteiger partial charge is 0.338 e. The number of ether oxygens (including phenoxy) is 1. The van der Waals surface area contributed by atoms with Crippen LogP contribution in [0.15, 0.2) is 18.2 Å². The lowest BCUT2D eigenvalue weighted by Gasteiger charge is -2.13. The second kappa shape index (κ2) is 4.00. The molecule has 1 aliphatic heterocycles. The Kier molecular flexibility index (Phi) is 2.54. The Morgan fingerprint density at radius 1 is 1.53 bits per heavy atom. The molecule has 1 aliphatic carbocycles. The normalized spacial score (nSPS) is 31.4. The summed E-state index contributed by atoms with van der Waals surface area (Å²) in [5.74, 6) is -1.78. The van der Waals surface area contributed by atoms with Gasteiger partial charge in [0, 0.05) is 12.0 Å². The van der Waals surface area contributed by atoms with Gasteiger partial charge in [0.2, 0.25) is 0 Å².